The number of carbonyl (C=O) groups is 2. The first kappa shape index (κ1) is 18.0. The zero-order chi connectivity index (χ0) is 18.7. The number of halogens is 2. The monoisotopic (exact) mass is 384 g/mol. The van der Waals surface area contributed by atoms with Gasteiger partial charge in [0.15, 0.2) is 5.78 Å². The van der Waals surface area contributed by atoms with Crippen LogP contribution < -0.4 is 11.1 Å². The average Bonchev–Trinajstić information content (AvgIpc) is 2.65. The molecule has 0 aliphatic carbocycles. The third-order valence-corrected chi connectivity index (χ3v) is 4.49. The van der Waals surface area contributed by atoms with Gasteiger partial charge in [-0.05, 0) is 36.4 Å². The molecule has 0 saturated carbocycles. The first-order valence-electron chi connectivity index (χ1n) is 7.71. The van der Waals surface area contributed by atoms with Crippen LogP contribution in [-0.4, -0.2) is 11.7 Å². The van der Waals surface area contributed by atoms with E-state index >= 15 is 0 Å². The molecule has 6 heteroatoms. The number of nitrogens with two attached hydrogens (primary N) is 1. The van der Waals surface area contributed by atoms with E-state index in [9.17, 15) is 9.59 Å². The van der Waals surface area contributed by atoms with Crippen molar-refractivity contribution in [1.29, 1.82) is 0 Å². The highest BCUT2D eigenvalue weighted by atomic mass is 35.5. The van der Waals surface area contributed by atoms with Gasteiger partial charge in [0.1, 0.15) is 0 Å². The second-order valence-electron chi connectivity index (χ2n) is 5.58. The molecule has 0 aliphatic heterocycles. The van der Waals surface area contributed by atoms with Crippen LogP contribution in [0.15, 0.2) is 66.7 Å². The van der Waals surface area contributed by atoms with Crippen molar-refractivity contribution in [3.8, 4) is 0 Å². The van der Waals surface area contributed by atoms with Crippen molar-refractivity contribution < 1.29 is 9.59 Å². The highest BCUT2D eigenvalue weighted by Crippen LogP contribution is 2.25. The third kappa shape index (κ3) is 3.87. The number of nitrogen functional groups attached to an aromatic ring is 1. The standard InChI is InChI=1S/C20H14Cl2N2O2/c21-16-8-6-13(10-17(16)22)20(26)24-18-9-7-14(23)11-15(18)19(25)12-4-2-1-3-5-12/h1-11H,23H2,(H,24,26). The van der Waals surface area contributed by atoms with Crippen molar-refractivity contribution in [3.05, 3.63) is 93.5 Å². The topological polar surface area (TPSA) is 72.2 Å². The third-order valence-electron chi connectivity index (χ3n) is 3.75. The molecule has 0 heterocycles. The highest BCUT2D eigenvalue weighted by Gasteiger charge is 2.17. The van der Waals surface area contributed by atoms with Crippen LogP contribution >= 0.6 is 23.2 Å². The number of benzene rings is 3. The summed E-state index contributed by atoms with van der Waals surface area (Å²) in [6, 6.07) is 18.1. The van der Waals surface area contributed by atoms with Gasteiger partial charge in [-0.1, -0.05) is 53.5 Å². The second kappa shape index (κ2) is 7.60. The van der Waals surface area contributed by atoms with Gasteiger partial charge in [0.05, 0.1) is 15.7 Å². The summed E-state index contributed by atoms with van der Waals surface area (Å²) < 4.78 is 0. The maximum Gasteiger partial charge on any atom is 0.255 e. The molecular weight excluding hydrogens is 371 g/mol. The Morgan fingerprint density at radius 3 is 2.23 bits per heavy atom. The number of nitrogens with one attached hydrogen (secondary N) is 1. The van der Waals surface area contributed by atoms with Crippen LogP contribution in [0.25, 0.3) is 0 Å². The van der Waals surface area contributed by atoms with E-state index in [-0.39, 0.29) is 10.8 Å². The molecule has 0 saturated heterocycles. The molecule has 3 N–H and O–H groups in total. The molecular formula is C20H14Cl2N2O2. The minimum atomic E-state index is -0.407. The molecule has 0 atom stereocenters. The Bertz CT molecular complexity index is 988. The number of amides is 1. The predicted molar refractivity (Wildman–Crippen MR) is 105 cm³/mol. The largest absolute Gasteiger partial charge is 0.399 e. The number of anilines is 2. The normalized spacial score (nSPS) is 10.4. The van der Waals surface area contributed by atoms with Crippen LogP contribution in [0.5, 0.6) is 0 Å². The minimum absolute atomic E-state index is 0.234. The Kier molecular flexibility index (Phi) is 5.26. The fourth-order valence-corrected chi connectivity index (χ4v) is 2.73. The van der Waals surface area contributed by atoms with Gasteiger partial charge in [0.25, 0.3) is 5.91 Å². The van der Waals surface area contributed by atoms with Crippen LogP contribution in [0.2, 0.25) is 10.0 Å². The summed E-state index contributed by atoms with van der Waals surface area (Å²) in [5.74, 6) is -0.641. The highest BCUT2D eigenvalue weighted by molar-refractivity contribution is 6.42. The van der Waals surface area contributed by atoms with Crippen LogP contribution in [0.1, 0.15) is 26.3 Å². The summed E-state index contributed by atoms with van der Waals surface area (Å²) in [6.07, 6.45) is 0. The first-order chi connectivity index (χ1) is 12.5. The Labute approximate surface area is 160 Å². The molecule has 130 valence electrons. The molecule has 3 aromatic carbocycles. The van der Waals surface area contributed by atoms with E-state index in [1.54, 1.807) is 48.5 Å². The van der Waals surface area contributed by atoms with Crippen molar-refractivity contribution in [2.24, 2.45) is 0 Å². The molecule has 1 amide bonds. The van der Waals surface area contributed by atoms with Crippen LogP contribution in [-0.2, 0) is 0 Å². The van der Waals surface area contributed by atoms with E-state index in [4.69, 9.17) is 28.9 Å². The number of carbonyl (C=O) groups excluding carboxylic acids is 2. The quantitative estimate of drug-likeness (QED) is 0.487. The van der Waals surface area contributed by atoms with Gasteiger partial charge in [0.2, 0.25) is 0 Å². The maximum atomic E-state index is 12.8. The lowest BCUT2D eigenvalue weighted by Gasteiger charge is -2.12. The van der Waals surface area contributed by atoms with Gasteiger partial charge in [-0.2, -0.15) is 0 Å². The van der Waals surface area contributed by atoms with Gasteiger partial charge in [0, 0.05) is 22.4 Å². The first-order valence-corrected chi connectivity index (χ1v) is 8.47. The molecule has 3 rings (SSSR count). The Balaban J connectivity index is 1.94. The molecule has 0 fully saturated rings. The van der Waals surface area contributed by atoms with Crippen LogP contribution in [0.3, 0.4) is 0 Å². The summed E-state index contributed by atoms with van der Waals surface area (Å²) in [5, 5.41) is 3.37. The van der Waals surface area contributed by atoms with E-state index in [1.807, 2.05) is 6.07 Å². The fourth-order valence-electron chi connectivity index (χ4n) is 2.44. The van der Waals surface area contributed by atoms with Crippen molar-refractivity contribution in [3.63, 3.8) is 0 Å². The maximum absolute atomic E-state index is 12.8. The lowest BCUT2D eigenvalue weighted by atomic mass is 10.0. The average molecular weight is 385 g/mol. The zero-order valence-electron chi connectivity index (χ0n) is 13.5. The molecule has 4 nitrogen and oxygen atoms in total. The minimum Gasteiger partial charge on any atom is -0.399 e. The molecule has 0 radical (unpaired) electrons. The summed E-state index contributed by atoms with van der Waals surface area (Å²) in [7, 11) is 0. The lowest BCUT2D eigenvalue weighted by Crippen LogP contribution is -2.15. The Morgan fingerprint density at radius 2 is 1.54 bits per heavy atom. The molecule has 3 aromatic rings. The van der Waals surface area contributed by atoms with Gasteiger partial charge in [-0.25, -0.2) is 0 Å². The van der Waals surface area contributed by atoms with Gasteiger partial charge < -0.3 is 11.1 Å². The van der Waals surface area contributed by atoms with Crippen molar-refractivity contribution in [2.45, 2.75) is 0 Å². The fraction of sp³-hybridized carbons (Fsp3) is 0. The summed E-state index contributed by atoms with van der Waals surface area (Å²) in [4.78, 5) is 25.3. The van der Waals surface area contributed by atoms with Gasteiger partial charge >= 0.3 is 0 Å². The number of hydrogen-bond donors (Lipinski definition) is 2. The van der Waals surface area contributed by atoms with Gasteiger partial charge in [-0.15, -0.1) is 0 Å². The molecule has 0 aliphatic rings. The molecule has 0 aromatic heterocycles. The second-order valence-corrected chi connectivity index (χ2v) is 6.40. The smallest absolute Gasteiger partial charge is 0.255 e. The Morgan fingerprint density at radius 1 is 0.808 bits per heavy atom. The number of ketones is 1. The van der Waals surface area contributed by atoms with Crippen molar-refractivity contribution >= 4 is 46.3 Å². The lowest BCUT2D eigenvalue weighted by molar-refractivity contribution is 0.102. The summed E-state index contributed by atoms with van der Waals surface area (Å²) >= 11 is 11.8. The van der Waals surface area contributed by atoms with E-state index in [1.165, 1.54) is 12.1 Å². The van der Waals surface area contributed by atoms with Crippen molar-refractivity contribution in [1.82, 2.24) is 0 Å². The number of hydrogen-bond acceptors (Lipinski definition) is 3. The van der Waals surface area contributed by atoms with E-state index in [2.05, 4.69) is 5.32 Å². The summed E-state index contributed by atoms with van der Waals surface area (Å²) in [6.45, 7) is 0. The van der Waals surface area contributed by atoms with Gasteiger partial charge in [-0.3, -0.25) is 9.59 Å². The summed E-state index contributed by atoms with van der Waals surface area (Å²) in [5.41, 5.74) is 7.76. The zero-order valence-corrected chi connectivity index (χ0v) is 15.0. The molecule has 0 unspecified atom stereocenters. The Hall–Kier alpha value is -2.82. The van der Waals surface area contributed by atoms with Crippen LogP contribution in [0.4, 0.5) is 11.4 Å². The SMILES string of the molecule is Nc1ccc(NC(=O)c2ccc(Cl)c(Cl)c2)c(C(=O)c2ccccc2)c1. The van der Waals surface area contributed by atoms with E-state index in [0.717, 1.165) is 0 Å². The van der Waals surface area contributed by atoms with Crippen molar-refractivity contribution in [2.75, 3.05) is 11.1 Å². The molecule has 26 heavy (non-hydrogen) atoms. The molecule has 0 spiro atoms. The number of rotatable bonds is 4. The van der Waals surface area contributed by atoms with E-state index < -0.39 is 5.91 Å². The van der Waals surface area contributed by atoms with E-state index in [0.29, 0.717) is 33.1 Å². The molecule has 0 bridgehead atoms. The van der Waals surface area contributed by atoms with Crippen LogP contribution in [0, 0.1) is 0 Å². The predicted octanol–water partition coefficient (Wildman–Crippen LogP) is 5.06.